The number of hydrogen-bond donors (Lipinski definition) is 1. The van der Waals surface area contributed by atoms with Gasteiger partial charge >= 0.3 is 0 Å². The molecule has 0 unspecified atom stereocenters. The van der Waals surface area contributed by atoms with E-state index in [4.69, 9.17) is 21.7 Å². The summed E-state index contributed by atoms with van der Waals surface area (Å²) in [6, 6.07) is 3.84. The van der Waals surface area contributed by atoms with Crippen LogP contribution in [0, 0.1) is 4.77 Å². The van der Waals surface area contributed by atoms with Gasteiger partial charge < -0.3 is 9.47 Å². The quantitative estimate of drug-likeness (QED) is 0.834. The molecule has 0 aliphatic rings. The van der Waals surface area contributed by atoms with Crippen molar-refractivity contribution in [2.24, 2.45) is 0 Å². The van der Waals surface area contributed by atoms with Crippen LogP contribution in [0.2, 0.25) is 0 Å². The number of H-pyrrole nitrogens is 1. The van der Waals surface area contributed by atoms with Gasteiger partial charge in [0.1, 0.15) is 11.4 Å². The normalized spacial score (nSPS) is 10.0. The second-order valence-corrected chi connectivity index (χ2v) is 3.41. The van der Waals surface area contributed by atoms with E-state index in [2.05, 4.69) is 19.9 Å². The first kappa shape index (κ1) is 11.5. The van der Waals surface area contributed by atoms with Crippen LogP contribution in [0.5, 0.6) is 11.8 Å². The lowest BCUT2D eigenvalue weighted by Crippen LogP contribution is -2.00. The van der Waals surface area contributed by atoms with Gasteiger partial charge in [-0.05, 0) is 24.4 Å². The van der Waals surface area contributed by atoms with E-state index < -0.39 is 0 Å². The lowest BCUT2D eigenvalue weighted by atomic mass is 10.3. The van der Waals surface area contributed by atoms with Crippen molar-refractivity contribution in [3.63, 3.8) is 0 Å². The molecule has 0 aliphatic carbocycles. The molecule has 0 bridgehead atoms. The van der Waals surface area contributed by atoms with Crippen molar-refractivity contribution in [2.75, 3.05) is 14.2 Å². The Kier molecular flexibility index (Phi) is 3.29. The van der Waals surface area contributed by atoms with Crippen molar-refractivity contribution >= 4 is 12.2 Å². The highest BCUT2D eigenvalue weighted by Gasteiger charge is 2.10. The zero-order valence-corrected chi connectivity index (χ0v) is 10.1. The third-order valence-electron chi connectivity index (χ3n) is 2.04. The summed E-state index contributed by atoms with van der Waals surface area (Å²) in [5.74, 6) is 1.05. The van der Waals surface area contributed by atoms with Crippen molar-refractivity contribution in [1.82, 2.24) is 19.9 Å². The molecule has 7 heteroatoms. The SMILES string of the molecule is COc1nc(=S)nc(-c2ncccc2OC)[nH]1. The molecule has 17 heavy (non-hydrogen) atoms. The van der Waals surface area contributed by atoms with Crippen LogP contribution in [-0.2, 0) is 0 Å². The van der Waals surface area contributed by atoms with Gasteiger partial charge in [-0.3, -0.25) is 4.98 Å². The van der Waals surface area contributed by atoms with E-state index in [1.807, 2.05) is 0 Å². The number of nitrogens with zero attached hydrogens (tertiary/aromatic N) is 3. The molecule has 1 N–H and O–H groups in total. The van der Waals surface area contributed by atoms with Crippen LogP contribution < -0.4 is 9.47 Å². The molecule has 2 aromatic rings. The van der Waals surface area contributed by atoms with Crippen LogP contribution in [0.15, 0.2) is 18.3 Å². The molecule has 0 spiro atoms. The highest BCUT2D eigenvalue weighted by Crippen LogP contribution is 2.24. The molecule has 88 valence electrons. The predicted molar refractivity (Wildman–Crippen MR) is 63.6 cm³/mol. The highest BCUT2D eigenvalue weighted by atomic mass is 32.1. The maximum atomic E-state index is 5.20. The molecular weight excluding hydrogens is 240 g/mol. The minimum Gasteiger partial charge on any atom is -0.494 e. The first-order valence-electron chi connectivity index (χ1n) is 4.76. The Labute approximate surface area is 103 Å². The van der Waals surface area contributed by atoms with E-state index in [0.29, 0.717) is 17.3 Å². The fourth-order valence-electron chi connectivity index (χ4n) is 1.31. The maximum absolute atomic E-state index is 5.20. The van der Waals surface area contributed by atoms with Gasteiger partial charge in [0.25, 0.3) is 6.01 Å². The number of nitrogens with one attached hydrogen (secondary N) is 1. The van der Waals surface area contributed by atoms with Crippen LogP contribution in [0.1, 0.15) is 0 Å². The fraction of sp³-hybridized carbons (Fsp3) is 0.200. The van der Waals surface area contributed by atoms with Crippen molar-refractivity contribution in [1.29, 1.82) is 0 Å². The molecule has 0 saturated heterocycles. The molecule has 0 amide bonds. The number of aromatic amines is 1. The molecule has 2 heterocycles. The summed E-state index contributed by atoms with van der Waals surface area (Å²) in [7, 11) is 3.06. The summed E-state index contributed by atoms with van der Waals surface area (Å²) < 4.78 is 10.4. The first-order valence-corrected chi connectivity index (χ1v) is 5.17. The standard InChI is InChI=1S/C10H10N4O2S/c1-15-6-4-3-5-11-7(6)8-12-9(16-2)14-10(17)13-8/h3-5H,1-2H3,(H,12,13,14,17). The number of rotatable bonds is 3. The van der Waals surface area contributed by atoms with Crippen LogP contribution in [-0.4, -0.2) is 34.2 Å². The summed E-state index contributed by atoms with van der Waals surface area (Å²) in [6.07, 6.45) is 1.64. The van der Waals surface area contributed by atoms with Crippen LogP contribution >= 0.6 is 12.2 Å². The number of hydrogen-bond acceptors (Lipinski definition) is 6. The number of pyridine rings is 1. The predicted octanol–water partition coefficient (Wildman–Crippen LogP) is 1.61. The average Bonchev–Trinajstić information content (AvgIpc) is 2.37. The van der Waals surface area contributed by atoms with Gasteiger partial charge in [-0.15, -0.1) is 0 Å². The summed E-state index contributed by atoms with van der Waals surface area (Å²) in [5.41, 5.74) is 0.557. The Hall–Kier alpha value is -2.02. The Bertz CT molecular complexity index is 585. The van der Waals surface area contributed by atoms with Crippen molar-refractivity contribution in [2.45, 2.75) is 0 Å². The van der Waals surface area contributed by atoms with Crippen molar-refractivity contribution in [3.8, 4) is 23.3 Å². The Morgan fingerprint density at radius 3 is 2.76 bits per heavy atom. The largest absolute Gasteiger partial charge is 0.494 e. The van der Waals surface area contributed by atoms with E-state index >= 15 is 0 Å². The van der Waals surface area contributed by atoms with E-state index in [-0.39, 0.29) is 10.8 Å². The molecular formula is C10H10N4O2S. The molecule has 0 radical (unpaired) electrons. The summed E-state index contributed by atoms with van der Waals surface area (Å²) in [5, 5.41) is 0. The van der Waals surface area contributed by atoms with Crippen LogP contribution in [0.3, 0.4) is 0 Å². The van der Waals surface area contributed by atoms with Crippen molar-refractivity contribution < 1.29 is 9.47 Å². The van der Waals surface area contributed by atoms with Gasteiger partial charge in [-0.2, -0.15) is 9.97 Å². The monoisotopic (exact) mass is 250 g/mol. The lowest BCUT2D eigenvalue weighted by Gasteiger charge is -2.07. The third kappa shape index (κ3) is 2.39. The first-order chi connectivity index (χ1) is 8.24. The van der Waals surface area contributed by atoms with E-state index in [0.717, 1.165) is 0 Å². The zero-order chi connectivity index (χ0) is 12.3. The van der Waals surface area contributed by atoms with Gasteiger partial charge in [0, 0.05) is 6.20 Å². The van der Waals surface area contributed by atoms with Gasteiger partial charge in [0.2, 0.25) is 4.77 Å². The van der Waals surface area contributed by atoms with Gasteiger partial charge in [0.15, 0.2) is 5.82 Å². The van der Waals surface area contributed by atoms with Gasteiger partial charge in [-0.1, -0.05) is 0 Å². The Balaban J connectivity index is 2.59. The van der Waals surface area contributed by atoms with Crippen LogP contribution in [0.25, 0.3) is 11.5 Å². The average molecular weight is 250 g/mol. The molecule has 0 saturated carbocycles. The van der Waals surface area contributed by atoms with Gasteiger partial charge in [0.05, 0.1) is 14.2 Å². The minimum absolute atomic E-state index is 0.184. The van der Waals surface area contributed by atoms with Gasteiger partial charge in [-0.25, -0.2) is 4.98 Å². The topological polar surface area (TPSA) is 72.9 Å². The smallest absolute Gasteiger partial charge is 0.297 e. The number of ether oxygens (including phenoxy) is 2. The van der Waals surface area contributed by atoms with Crippen molar-refractivity contribution in [3.05, 3.63) is 23.1 Å². The Morgan fingerprint density at radius 2 is 2.06 bits per heavy atom. The molecule has 2 aromatic heterocycles. The molecule has 0 fully saturated rings. The fourth-order valence-corrected chi connectivity index (χ4v) is 1.48. The zero-order valence-electron chi connectivity index (χ0n) is 9.30. The van der Waals surface area contributed by atoms with E-state index in [1.165, 1.54) is 7.11 Å². The van der Waals surface area contributed by atoms with E-state index in [1.54, 1.807) is 25.4 Å². The molecule has 2 rings (SSSR count). The molecule has 0 aromatic carbocycles. The lowest BCUT2D eigenvalue weighted by molar-refractivity contribution is 0.377. The molecule has 0 aliphatic heterocycles. The highest BCUT2D eigenvalue weighted by molar-refractivity contribution is 7.71. The number of methoxy groups -OCH3 is 2. The molecule has 0 atom stereocenters. The van der Waals surface area contributed by atoms with E-state index in [9.17, 15) is 0 Å². The Morgan fingerprint density at radius 1 is 1.24 bits per heavy atom. The second-order valence-electron chi connectivity index (χ2n) is 3.04. The molecule has 6 nitrogen and oxygen atoms in total. The maximum Gasteiger partial charge on any atom is 0.297 e. The second kappa shape index (κ2) is 4.88. The third-order valence-corrected chi connectivity index (χ3v) is 2.22. The summed E-state index contributed by atoms with van der Waals surface area (Å²) in [6.45, 7) is 0. The summed E-state index contributed by atoms with van der Waals surface area (Å²) >= 11 is 4.94. The number of aromatic nitrogens is 4. The minimum atomic E-state index is 0.184. The van der Waals surface area contributed by atoms with Crippen LogP contribution in [0.4, 0.5) is 0 Å². The summed E-state index contributed by atoms with van der Waals surface area (Å²) in [4.78, 5) is 15.0.